The Morgan fingerprint density at radius 3 is 2.92 bits per heavy atom. The van der Waals surface area contributed by atoms with Crippen molar-refractivity contribution in [2.24, 2.45) is 0 Å². The average Bonchev–Trinajstić information content (AvgIpc) is 3.00. The highest BCUT2D eigenvalue weighted by molar-refractivity contribution is 8.01. The lowest BCUT2D eigenvalue weighted by Crippen LogP contribution is -2.48. The topological polar surface area (TPSA) is 101 Å². The maximum absolute atomic E-state index is 12.6. The molecule has 3 rings (SSSR count). The summed E-state index contributed by atoms with van der Waals surface area (Å²) >= 11 is 2.79. The third kappa shape index (κ3) is 4.10. The number of hydrogen-bond donors (Lipinski definition) is 1. The minimum atomic E-state index is -3.55. The average molecular weight is 415 g/mol. The molecule has 1 N–H and O–H groups in total. The highest BCUT2D eigenvalue weighted by atomic mass is 32.2. The van der Waals surface area contributed by atoms with Crippen molar-refractivity contribution in [3.63, 3.8) is 0 Å². The second-order valence-electron chi connectivity index (χ2n) is 5.67. The fraction of sp³-hybridized carbons (Fsp3) is 0.400. The van der Waals surface area contributed by atoms with E-state index in [1.54, 1.807) is 18.2 Å². The summed E-state index contributed by atoms with van der Waals surface area (Å²) in [5.41, 5.74) is 1.34. The molecule has 1 atom stereocenters. The standard InChI is InChI=1S/C15H18N4O4S3/c1-4-24-15-18-17-14(25-15)16-13(20)12-8-19(26(3,21)22)10-7-9(2)5-6-11(10)23-12/h5-7,12H,4,8H2,1-3H3,(H,16,17,20). The van der Waals surface area contributed by atoms with E-state index in [2.05, 4.69) is 15.5 Å². The molecule has 26 heavy (non-hydrogen) atoms. The maximum Gasteiger partial charge on any atom is 0.269 e. The number of aromatic nitrogens is 2. The highest BCUT2D eigenvalue weighted by Gasteiger charge is 2.35. The largest absolute Gasteiger partial charge is 0.476 e. The number of benzene rings is 1. The molecular formula is C15H18N4O4S3. The smallest absolute Gasteiger partial charge is 0.269 e. The Bertz CT molecular complexity index is 929. The number of nitrogens with one attached hydrogen (secondary N) is 1. The number of anilines is 2. The van der Waals surface area contributed by atoms with Gasteiger partial charge in [0.2, 0.25) is 15.2 Å². The number of carbonyl (C=O) groups excluding carboxylic acids is 1. The van der Waals surface area contributed by atoms with E-state index in [1.807, 2.05) is 13.8 Å². The van der Waals surface area contributed by atoms with Crippen LogP contribution in [-0.2, 0) is 14.8 Å². The molecule has 1 aliphatic heterocycles. The number of nitrogens with zero attached hydrogens (tertiary/aromatic N) is 3. The van der Waals surface area contributed by atoms with Crippen molar-refractivity contribution in [2.75, 3.05) is 28.2 Å². The van der Waals surface area contributed by atoms with Crippen molar-refractivity contribution < 1.29 is 17.9 Å². The minimum absolute atomic E-state index is 0.101. The summed E-state index contributed by atoms with van der Waals surface area (Å²) in [7, 11) is -3.55. The molecule has 140 valence electrons. The van der Waals surface area contributed by atoms with Crippen LogP contribution >= 0.6 is 23.1 Å². The van der Waals surface area contributed by atoms with Gasteiger partial charge in [0.15, 0.2) is 10.4 Å². The lowest BCUT2D eigenvalue weighted by Gasteiger charge is -2.34. The number of fused-ring (bicyclic) bond motifs is 1. The van der Waals surface area contributed by atoms with Gasteiger partial charge < -0.3 is 4.74 Å². The molecular weight excluding hydrogens is 396 g/mol. The van der Waals surface area contributed by atoms with E-state index in [-0.39, 0.29) is 6.54 Å². The van der Waals surface area contributed by atoms with Crippen molar-refractivity contribution in [3.05, 3.63) is 23.8 Å². The van der Waals surface area contributed by atoms with E-state index in [0.29, 0.717) is 16.6 Å². The van der Waals surface area contributed by atoms with Gasteiger partial charge in [-0.25, -0.2) is 8.42 Å². The number of sulfonamides is 1. The van der Waals surface area contributed by atoms with Gasteiger partial charge in [-0.3, -0.25) is 14.4 Å². The molecule has 0 saturated carbocycles. The van der Waals surface area contributed by atoms with Crippen LogP contribution in [0.25, 0.3) is 0 Å². The zero-order valence-corrected chi connectivity index (χ0v) is 16.9. The molecule has 1 aromatic heterocycles. The Labute approximate surface area is 160 Å². The summed E-state index contributed by atoms with van der Waals surface area (Å²) in [6.07, 6.45) is 0.129. The van der Waals surface area contributed by atoms with E-state index >= 15 is 0 Å². The van der Waals surface area contributed by atoms with Crippen LogP contribution in [0, 0.1) is 6.92 Å². The predicted molar refractivity (Wildman–Crippen MR) is 103 cm³/mol. The first-order valence-electron chi connectivity index (χ1n) is 7.80. The number of thioether (sulfide) groups is 1. The molecule has 1 aliphatic rings. The first-order chi connectivity index (χ1) is 12.3. The minimum Gasteiger partial charge on any atom is -0.476 e. The summed E-state index contributed by atoms with van der Waals surface area (Å²) in [5, 5.41) is 10.9. The van der Waals surface area contributed by atoms with Gasteiger partial charge >= 0.3 is 0 Å². The van der Waals surface area contributed by atoms with Crippen molar-refractivity contribution in [3.8, 4) is 5.75 Å². The first-order valence-corrected chi connectivity index (χ1v) is 11.4. The molecule has 0 radical (unpaired) electrons. The Morgan fingerprint density at radius 2 is 2.23 bits per heavy atom. The fourth-order valence-corrected chi connectivity index (χ4v) is 5.00. The zero-order chi connectivity index (χ0) is 18.9. The van der Waals surface area contributed by atoms with Gasteiger partial charge in [0.1, 0.15) is 5.75 Å². The summed E-state index contributed by atoms with van der Waals surface area (Å²) in [6, 6.07) is 5.20. The Balaban J connectivity index is 1.82. The third-order valence-electron chi connectivity index (χ3n) is 3.58. The number of amides is 1. The van der Waals surface area contributed by atoms with E-state index in [9.17, 15) is 13.2 Å². The third-order valence-corrected chi connectivity index (χ3v) is 6.58. The second kappa shape index (κ2) is 7.41. The number of ether oxygens (including phenoxy) is 1. The van der Waals surface area contributed by atoms with Crippen molar-refractivity contribution in [1.29, 1.82) is 0 Å². The van der Waals surface area contributed by atoms with Crippen LogP contribution in [0.1, 0.15) is 12.5 Å². The molecule has 0 saturated heterocycles. The van der Waals surface area contributed by atoms with E-state index < -0.39 is 22.0 Å². The SMILES string of the molecule is CCSc1nnc(NC(=O)C2CN(S(C)(=O)=O)c3cc(C)ccc3O2)s1. The predicted octanol–water partition coefficient (Wildman–Crippen LogP) is 2.12. The Kier molecular flexibility index (Phi) is 5.39. The number of carbonyl (C=O) groups is 1. The monoisotopic (exact) mass is 414 g/mol. The number of hydrogen-bond acceptors (Lipinski definition) is 8. The van der Waals surface area contributed by atoms with Gasteiger partial charge in [0, 0.05) is 0 Å². The van der Waals surface area contributed by atoms with Gasteiger partial charge in [0.25, 0.3) is 5.91 Å². The van der Waals surface area contributed by atoms with Gasteiger partial charge in [-0.2, -0.15) is 0 Å². The van der Waals surface area contributed by atoms with Crippen LogP contribution in [0.2, 0.25) is 0 Å². The molecule has 11 heteroatoms. The summed E-state index contributed by atoms with van der Waals surface area (Å²) in [6.45, 7) is 3.76. The molecule has 1 amide bonds. The number of aryl methyl sites for hydroxylation is 1. The highest BCUT2D eigenvalue weighted by Crippen LogP contribution is 2.36. The quantitative estimate of drug-likeness (QED) is 0.591. The molecule has 1 aromatic carbocycles. The normalized spacial score (nSPS) is 16.7. The molecule has 0 aliphatic carbocycles. The molecule has 8 nitrogen and oxygen atoms in total. The lowest BCUT2D eigenvalue weighted by atomic mass is 10.1. The van der Waals surface area contributed by atoms with Crippen LogP contribution in [0.4, 0.5) is 10.8 Å². The molecule has 1 unspecified atom stereocenters. The van der Waals surface area contributed by atoms with Crippen LogP contribution in [-0.4, -0.2) is 49.2 Å². The second-order valence-corrected chi connectivity index (χ2v) is 10.1. The van der Waals surface area contributed by atoms with Gasteiger partial charge in [0.05, 0.1) is 18.5 Å². The lowest BCUT2D eigenvalue weighted by molar-refractivity contribution is -0.122. The summed E-state index contributed by atoms with van der Waals surface area (Å²) in [4.78, 5) is 12.6. The number of rotatable bonds is 5. The van der Waals surface area contributed by atoms with Crippen molar-refractivity contribution >= 4 is 49.8 Å². The molecule has 0 fully saturated rings. The Morgan fingerprint density at radius 1 is 1.46 bits per heavy atom. The van der Waals surface area contributed by atoms with Crippen LogP contribution in [0.5, 0.6) is 5.75 Å². The molecule has 2 aromatic rings. The van der Waals surface area contributed by atoms with Crippen LogP contribution < -0.4 is 14.4 Å². The van der Waals surface area contributed by atoms with E-state index in [0.717, 1.165) is 21.9 Å². The molecule has 2 heterocycles. The Hall–Kier alpha value is -1.85. The van der Waals surface area contributed by atoms with Gasteiger partial charge in [-0.1, -0.05) is 36.1 Å². The zero-order valence-electron chi connectivity index (χ0n) is 14.4. The fourth-order valence-electron chi connectivity index (χ4n) is 2.44. The van der Waals surface area contributed by atoms with E-state index in [1.165, 1.54) is 27.4 Å². The van der Waals surface area contributed by atoms with E-state index in [4.69, 9.17) is 4.74 Å². The van der Waals surface area contributed by atoms with Crippen LogP contribution in [0.15, 0.2) is 22.5 Å². The van der Waals surface area contributed by atoms with Crippen LogP contribution in [0.3, 0.4) is 0 Å². The van der Waals surface area contributed by atoms with Crippen molar-refractivity contribution in [2.45, 2.75) is 24.3 Å². The van der Waals surface area contributed by atoms with Gasteiger partial charge in [-0.15, -0.1) is 10.2 Å². The summed E-state index contributed by atoms with van der Waals surface area (Å²) < 4.78 is 32.0. The molecule has 0 spiro atoms. The molecule has 0 bridgehead atoms. The first kappa shape index (κ1) is 18.9. The van der Waals surface area contributed by atoms with Crippen molar-refractivity contribution in [1.82, 2.24) is 10.2 Å². The van der Waals surface area contributed by atoms with Gasteiger partial charge in [-0.05, 0) is 30.4 Å². The maximum atomic E-state index is 12.6. The summed E-state index contributed by atoms with van der Waals surface area (Å²) in [5.74, 6) is 0.745.